The predicted molar refractivity (Wildman–Crippen MR) is 97.4 cm³/mol. The minimum Gasteiger partial charge on any atom is -0.489 e. The number of ether oxygens (including phenoxy) is 2. The minimum atomic E-state index is 0.00168. The third kappa shape index (κ3) is 4.37. The topological polar surface area (TPSA) is 38.7 Å². The molecule has 0 aliphatic heterocycles. The first kappa shape index (κ1) is 16.6. The molecule has 0 aliphatic rings. The number of aliphatic hydroxyl groups excluding tert-OH is 1. The molecule has 3 aromatic carbocycles. The highest BCUT2D eigenvalue weighted by Crippen LogP contribution is 2.32. The highest BCUT2D eigenvalue weighted by atomic mass is 79.9. The Labute approximate surface area is 149 Å². The van der Waals surface area contributed by atoms with E-state index < -0.39 is 0 Å². The zero-order valence-electron chi connectivity index (χ0n) is 13.0. The number of hydrogen-bond acceptors (Lipinski definition) is 3. The lowest BCUT2D eigenvalue weighted by molar-refractivity contribution is 0.281. The molecule has 0 heterocycles. The lowest BCUT2D eigenvalue weighted by atomic mass is 10.2. The largest absolute Gasteiger partial charge is 0.489 e. The van der Waals surface area contributed by atoms with Crippen LogP contribution < -0.4 is 9.47 Å². The van der Waals surface area contributed by atoms with Crippen LogP contribution in [0.2, 0.25) is 0 Å². The zero-order valence-corrected chi connectivity index (χ0v) is 14.6. The van der Waals surface area contributed by atoms with E-state index in [9.17, 15) is 0 Å². The number of benzene rings is 3. The molecule has 0 saturated heterocycles. The van der Waals surface area contributed by atoms with E-state index >= 15 is 0 Å². The minimum absolute atomic E-state index is 0.00168. The fourth-order valence-corrected chi connectivity index (χ4v) is 2.73. The van der Waals surface area contributed by atoms with Crippen LogP contribution in [0.25, 0.3) is 0 Å². The van der Waals surface area contributed by atoms with Gasteiger partial charge in [-0.3, -0.25) is 0 Å². The molecule has 3 rings (SSSR count). The SMILES string of the molecule is OCc1ccc(Oc2cccc(OCc3ccccc3)c2)c(Br)c1. The Balaban J connectivity index is 1.69. The lowest BCUT2D eigenvalue weighted by Crippen LogP contribution is -1.95. The summed E-state index contributed by atoms with van der Waals surface area (Å²) in [5.41, 5.74) is 1.94. The predicted octanol–water partition coefficient (Wildman–Crippen LogP) is 5.31. The maximum Gasteiger partial charge on any atom is 0.141 e. The van der Waals surface area contributed by atoms with Crippen LogP contribution >= 0.6 is 15.9 Å². The van der Waals surface area contributed by atoms with E-state index in [1.807, 2.05) is 72.8 Å². The molecule has 24 heavy (non-hydrogen) atoms. The third-order valence-corrected chi connectivity index (χ3v) is 4.08. The second kappa shape index (κ2) is 7.99. The highest BCUT2D eigenvalue weighted by Gasteiger charge is 2.05. The van der Waals surface area contributed by atoms with Crippen LogP contribution in [0.15, 0.2) is 77.3 Å². The average Bonchev–Trinajstić information content (AvgIpc) is 2.63. The maximum atomic E-state index is 9.15. The zero-order chi connectivity index (χ0) is 16.8. The van der Waals surface area contributed by atoms with Gasteiger partial charge in [-0.05, 0) is 51.3 Å². The summed E-state index contributed by atoms with van der Waals surface area (Å²) in [4.78, 5) is 0. The molecule has 0 bridgehead atoms. The first-order valence-electron chi connectivity index (χ1n) is 7.58. The van der Waals surface area contributed by atoms with E-state index in [0.717, 1.165) is 21.3 Å². The van der Waals surface area contributed by atoms with Gasteiger partial charge >= 0.3 is 0 Å². The van der Waals surface area contributed by atoms with E-state index in [4.69, 9.17) is 14.6 Å². The van der Waals surface area contributed by atoms with Crippen molar-refractivity contribution < 1.29 is 14.6 Å². The normalized spacial score (nSPS) is 10.4. The van der Waals surface area contributed by atoms with Gasteiger partial charge in [0.15, 0.2) is 0 Å². The Bertz CT molecular complexity index is 803. The first-order chi connectivity index (χ1) is 11.7. The fourth-order valence-electron chi connectivity index (χ4n) is 2.22. The van der Waals surface area contributed by atoms with Crippen molar-refractivity contribution in [2.75, 3.05) is 0 Å². The summed E-state index contributed by atoms with van der Waals surface area (Å²) in [6.45, 7) is 0.515. The Hall–Kier alpha value is -2.30. The van der Waals surface area contributed by atoms with Gasteiger partial charge in [0.25, 0.3) is 0 Å². The molecular weight excluding hydrogens is 368 g/mol. The van der Waals surface area contributed by atoms with Crippen molar-refractivity contribution in [3.05, 3.63) is 88.4 Å². The number of aliphatic hydroxyl groups is 1. The molecule has 3 nitrogen and oxygen atoms in total. The van der Waals surface area contributed by atoms with Crippen molar-refractivity contribution >= 4 is 15.9 Å². The Kier molecular flexibility index (Phi) is 5.51. The Morgan fingerprint density at radius 2 is 1.58 bits per heavy atom. The van der Waals surface area contributed by atoms with Crippen LogP contribution in [0.3, 0.4) is 0 Å². The van der Waals surface area contributed by atoms with Crippen molar-refractivity contribution in [3.63, 3.8) is 0 Å². The third-order valence-electron chi connectivity index (χ3n) is 3.46. The first-order valence-corrected chi connectivity index (χ1v) is 8.38. The lowest BCUT2D eigenvalue weighted by Gasteiger charge is -2.11. The summed E-state index contributed by atoms with van der Waals surface area (Å²) in [5.74, 6) is 2.13. The second-order valence-corrected chi connectivity index (χ2v) is 6.13. The van der Waals surface area contributed by atoms with E-state index in [-0.39, 0.29) is 6.61 Å². The van der Waals surface area contributed by atoms with Gasteiger partial charge in [0, 0.05) is 6.07 Å². The van der Waals surface area contributed by atoms with Gasteiger partial charge in [-0.1, -0.05) is 42.5 Å². The van der Waals surface area contributed by atoms with Crippen molar-refractivity contribution in [2.24, 2.45) is 0 Å². The molecule has 0 radical (unpaired) electrons. The summed E-state index contributed by atoms with van der Waals surface area (Å²) in [7, 11) is 0. The summed E-state index contributed by atoms with van der Waals surface area (Å²) in [6.07, 6.45) is 0. The average molecular weight is 385 g/mol. The standard InChI is InChI=1S/C20H17BrO3/c21-19-11-16(13-22)9-10-20(19)24-18-8-4-7-17(12-18)23-14-15-5-2-1-3-6-15/h1-12,22H,13-14H2. The highest BCUT2D eigenvalue weighted by molar-refractivity contribution is 9.10. The molecule has 4 heteroatoms. The van der Waals surface area contributed by atoms with Gasteiger partial charge < -0.3 is 14.6 Å². The molecule has 122 valence electrons. The van der Waals surface area contributed by atoms with Crippen molar-refractivity contribution in [3.8, 4) is 17.2 Å². The van der Waals surface area contributed by atoms with Gasteiger partial charge in [-0.15, -0.1) is 0 Å². The van der Waals surface area contributed by atoms with Crippen LogP contribution in [0.4, 0.5) is 0 Å². The summed E-state index contributed by atoms with van der Waals surface area (Å²) in [6, 6.07) is 23.0. The van der Waals surface area contributed by atoms with Gasteiger partial charge in [0.2, 0.25) is 0 Å². The molecule has 0 aliphatic carbocycles. The van der Waals surface area contributed by atoms with Gasteiger partial charge in [0.1, 0.15) is 23.9 Å². The van der Waals surface area contributed by atoms with Crippen molar-refractivity contribution in [1.29, 1.82) is 0 Å². The van der Waals surface area contributed by atoms with E-state index in [2.05, 4.69) is 15.9 Å². The molecule has 3 aromatic rings. The molecule has 0 atom stereocenters. The second-order valence-electron chi connectivity index (χ2n) is 5.27. The fraction of sp³-hybridized carbons (Fsp3) is 0.100. The monoisotopic (exact) mass is 384 g/mol. The molecular formula is C20H17BrO3. The maximum absolute atomic E-state index is 9.15. The van der Waals surface area contributed by atoms with Gasteiger partial charge in [0.05, 0.1) is 11.1 Å². The summed E-state index contributed by atoms with van der Waals surface area (Å²) < 4.78 is 12.5. The van der Waals surface area contributed by atoms with Crippen molar-refractivity contribution in [2.45, 2.75) is 13.2 Å². The molecule has 0 spiro atoms. The van der Waals surface area contributed by atoms with Crippen LogP contribution in [-0.4, -0.2) is 5.11 Å². The molecule has 0 aromatic heterocycles. The summed E-state index contributed by atoms with van der Waals surface area (Å²) in [5, 5.41) is 9.15. The molecule has 0 saturated carbocycles. The van der Waals surface area contributed by atoms with Gasteiger partial charge in [-0.2, -0.15) is 0 Å². The van der Waals surface area contributed by atoms with Crippen LogP contribution in [-0.2, 0) is 13.2 Å². The Morgan fingerprint density at radius 1 is 0.792 bits per heavy atom. The molecule has 0 fully saturated rings. The number of hydrogen-bond donors (Lipinski definition) is 1. The summed E-state index contributed by atoms with van der Waals surface area (Å²) >= 11 is 3.46. The van der Waals surface area contributed by atoms with Crippen LogP contribution in [0.5, 0.6) is 17.2 Å². The van der Waals surface area contributed by atoms with E-state index in [1.54, 1.807) is 0 Å². The smallest absolute Gasteiger partial charge is 0.141 e. The van der Waals surface area contributed by atoms with Crippen LogP contribution in [0.1, 0.15) is 11.1 Å². The molecule has 0 amide bonds. The van der Waals surface area contributed by atoms with E-state index in [0.29, 0.717) is 18.1 Å². The van der Waals surface area contributed by atoms with E-state index in [1.165, 1.54) is 0 Å². The van der Waals surface area contributed by atoms with Crippen molar-refractivity contribution in [1.82, 2.24) is 0 Å². The quantitative estimate of drug-likeness (QED) is 0.625. The number of halogens is 1. The molecule has 1 N–H and O–H groups in total. The van der Waals surface area contributed by atoms with Gasteiger partial charge in [-0.25, -0.2) is 0 Å². The molecule has 0 unspecified atom stereocenters. The van der Waals surface area contributed by atoms with Crippen LogP contribution in [0, 0.1) is 0 Å². The Morgan fingerprint density at radius 3 is 2.33 bits per heavy atom. The number of rotatable bonds is 6.